The summed E-state index contributed by atoms with van der Waals surface area (Å²) in [6.45, 7) is 2.60. The minimum Gasteiger partial charge on any atom is -0.495 e. The minimum absolute atomic E-state index is 0.0196. The summed E-state index contributed by atoms with van der Waals surface area (Å²) >= 11 is 0. The van der Waals surface area contributed by atoms with Gasteiger partial charge in [0, 0.05) is 32.7 Å². The van der Waals surface area contributed by atoms with E-state index in [9.17, 15) is 13.2 Å². The quantitative estimate of drug-likeness (QED) is 0.745. The Morgan fingerprint density at radius 3 is 2.31 bits per heavy atom. The fourth-order valence-corrected chi connectivity index (χ4v) is 3.81. The average molecular weight is 376 g/mol. The van der Waals surface area contributed by atoms with Gasteiger partial charge in [-0.3, -0.25) is 4.79 Å². The smallest absolute Gasteiger partial charge is 0.253 e. The maximum atomic E-state index is 13.1. The van der Waals surface area contributed by atoms with Crippen LogP contribution >= 0.6 is 0 Å². The molecule has 0 unspecified atom stereocenters. The molecule has 1 amide bonds. The minimum atomic E-state index is -3.83. The highest BCUT2D eigenvalue weighted by Gasteiger charge is 2.26. The molecule has 0 heterocycles. The fourth-order valence-electron chi connectivity index (χ4n) is 2.47. The zero-order valence-corrected chi connectivity index (χ0v) is 16.3. The number of rotatable bonds is 7. The summed E-state index contributed by atoms with van der Waals surface area (Å²) in [4.78, 5) is 13.9. The lowest BCUT2D eigenvalue weighted by molar-refractivity contribution is 0.0802. The first kappa shape index (κ1) is 19.9. The van der Waals surface area contributed by atoms with Crippen LogP contribution in [0.4, 0.5) is 0 Å². The van der Waals surface area contributed by atoms with Crippen molar-refractivity contribution in [3.63, 3.8) is 0 Å². The number of carbonyl (C=O) groups excluding carboxylic acids is 1. The first-order valence-electron chi connectivity index (χ1n) is 8.25. The van der Waals surface area contributed by atoms with Crippen molar-refractivity contribution in [1.29, 1.82) is 0 Å². The Balaban J connectivity index is 2.41. The third kappa shape index (κ3) is 4.23. The molecule has 0 aromatic heterocycles. The van der Waals surface area contributed by atoms with E-state index in [0.717, 1.165) is 5.56 Å². The molecule has 26 heavy (non-hydrogen) atoms. The van der Waals surface area contributed by atoms with Gasteiger partial charge in [-0.15, -0.1) is 0 Å². The molecule has 0 saturated heterocycles. The molecule has 0 atom stereocenters. The van der Waals surface area contributed by atoms with E-state index >= 15 is 0 Å². The second kappa shape index (κ2) is 8.33. The lowest BCUT2D eigenvalue weighted by atomic mass is 10.2. The maximum Gasteiger partial charge on any atom is 0.253 e. The van der Waals surface area contributed by atoms with Crippen LogP contribution in [0.3, 0.4) is 0 Å². The van der Waals surface area contributed by atoms with Crippen LogP contribution in [0, 0.1) is 0 Å². The number of benzene rings is 2. The van der Waals surface area contributed by atoms with Gasteiger partial charge in [-0.05, 0) is 30.7 Å². The van der Waals surface area contributed by atoms with Gasteiger partial charge < -0.3 is 9.64 Å². The van der Waals surface area contributed by atoms with Crippen LogP contribution in [-0.2, 0) is 16.6 Å². The van der Waals surface area contributed by atoms with Gasteiger partial charge in [0.1, 0.15) is 10.6 Å². The van der Waals surface area contributed by atoms with E-state index in [1.807, 2.05) is 37.3 Å². The zero-order chi connectivity index (χ0) is 19.3. The Morgan fingerprint density at radius 1 is 1.08 bits per heavy atom. The number of nitrogens with zero attached hydrogens (tertiary/aromatic N) is 2. The van der Waals surface area contributed by atoms with Gasteiger partial charge in [0.2, 0.25) is 10.0 Å². The predicted octanol–water partition coefficient (Wildman–Crippen LogP) is 2.61. The number of sulfonamides is 1. The highest BCUT2D eigenvalue weighted by Crippen LogP contribution is 2.28. The Hall–Kier alpha value is -2.38. The zero-order valence-electron chi connectivity index (χ0n) is 15.5. The molecule has 0 saturated carbocycles. The molecule has 0 bridgehead atoms. The molecule has 0 radical (unpaired) electrons. The van der Waals surface area contributed by atoms with Gasteiger partial charge in [-0.1, -0.05) is 30.3 Å². The molecule has 0 fully saturated rings. The fraction of sp³-hybridized carbons (Fsp3) is 0.316. The van der Waals surface area contributed by atoms with E-state index in [0.29, 0.717) is 12.1 Å². The third-order valence-electron chi connectivity index (χ3n) is 4.17. The summed E-state index contributed by atoms with van der Waals surface area (Å²) in [5.41, 5.74) is 1.18. The molecule has 2 aromatic rings. The normalized spacial score (nSPS) is 11.4. The molecule has 6 nitrogen and oxygen atoms in total. The van der Waals surface area contributed by atoms with E-state index in [2.05, 4.69) is 0 Å². The molecular weight excluding hydrogens is 352 g/mol. The molecule has 0 aliphatic rings. The highest BCUT2D eigenvalue weighted by molar-refractivity contribution is 7.89. The summed E-state index contributed by atoms with van der Waals surface area (Å²) in [5.74, 6) is -0.0297. The summed E-state index contributed by atoms with van der Waals surface area (Å²) in [6, 6.07) is 13.8. The number of methoxy groups -OCH3 is 1. The van der Waals surface area contributed by atoms with Gasteiger partial charge >= 0.3 is 0 Å². The lowest BCUT2D eigenvalue weighted by Crippen LogP contribution is -2.28. The van der Waals surface area contributed by atoms with Gasteiger partial charge in [0.15, 0.2) is 0 Å². The average Bonchev–Trinajstić information content (AvgIpc) is 2.66. The van der Waals surface area contributed by atoms with E-state index in [4.69, 9.17) is 4.74 Å². The largest absolute Gasteiger partial charge is 0.495 e. The second-order valence-electron chi connectivity index (χ2n) is 5.93. The van der Waals surface area contributed by atoms with Gasteiger partial charge in [0.25, 0.3) is 5.91 Å². The standard InChI is InChI=1S/C19H24N2O4S/c1-5-20(2)19(22)16-11-12-17(25-4)18(13-16)26(23,24)21(3)14-15-9-7-6-8-10-15/h6-13H,5,14H2,1-4H3. The summed E-state index contributed by atoms with van der Waals surface area (Å²) in [6.07, 6.45) is 0. The molecule has 0 aliphatic heterocycles. The molecule has 0 spiro atoms. The van der Waals surface area contributed by atoms with Crippen molar-refractivity contribution < 1.29 is 17.9 Å². The molecule has 0 N–H and O–H groups in total. The SMILES string of the molecule is CCN(C)C(=O)c1ccc(OC)c(S(=O)(=O)N(C)Cc2ccccc2)c1. The van der Waals surface area contributed by atoms with E-state index in [1.54, 1.807) is 13.1 Å². The highest BCUT2D eigenvalue weighted by atomic mass is 32.2. The molecular formula is C19H24N2O4S. The number of amides is 1. The summed E-state index contributed by atoms with van der Waals surface area (Å²) in [7, 11) is 0.754. The van der Waals surface area contributed by atoms with Crippen molar-refractivity contribution in [3.05, 3.63) is 59.7 Å². The van der Waals surface area contributed by atoms with E-state index < -0.39 is 10.0 Å². The topological polar surface area (TPSA) is 66.9 Å². The molecule has 2 aromatic carbocycles. The van der Waals surface area contributed by atoms with Crippen LogP contribution in [0.15, 0.2) is 53.4 Å². The second-order valence-corrected chi connectivity index (χ2v) is 7.94. The van der Waals surface area contributed by atoms with E-state index in [-0.39, 0.29) is 23.1 Å². The monoisotopic (exact) mass is 376 g/mol. The first-order valence-corrected chi connectivity index (χ1v) is 9.69. The molecule has 7 heteroatoms. The molecule has 2 rings (SSSR count). The van der Waals surface area contributed by atoms with Gasteiger partial charge in [-0.25, -0.2) is 8.42 Å². The van der Waals surface area contributed by atoms with Crippen LogP contribution in [0.1, 0.15) is 22.8 Å². The van der Waals surface area contributed by atoms with Gasteiger partial charge in [0.05, 0.1) is 7.11 Å². The third-order valence-corrected chi connectivity index (χ3v) is 5.99. The Morgan fingerprint density at radius 2 is 1.73 bits per heavy atom. The Bertz CT molecular complexity index is 866. The van der Waals surface area contributed by atoms with E-state index in [1.165, 1.54) is 35.5 Å². The summed E-state index contributed by atoms with van der Waals surface area (Å²) in [5, 5.41) is 0. The van der Waals surface area contributed by atoms with Crippen molar-refractivity contribution in [2.75, 3.05) is 27.7 Å². The van der Waals surface area contributed by atoms with Crippen molar-refractivity contribution in [3.8, 4) is 5.75 Å². The number of hydrogen-bond donors (Lipinski definition) is 0. The Labute approximate surface area is 155 Å². The Kier molecular flexibility index (Phi) is 6.39. The molecule has 140 valence electrons. The number of ether oxygens (including phenoxy) is 1. The van der Waals surface area contributed by atoms with Crippen LogP contribution in [0.5, 0.6) is 5.75 Å². The van der Waals surface area contributed by atoms with Crippen LogP contribution in [-0.4, -0.2) is 51.3 Å². The lowest BCUT2D eigenvalue weighted by Gasteiger charge is -2.20. The van der Waals surface area contributed by atoms with Crippen molar-refractivity contribution in [1.82, 2.24) is 9.21 Å². The summed E-state index contributed by atoms with van der Waals surface area (Å²) < 4.78 is 32.6. The van der Waals surface area contributed by atoms with Gasteiger partial charge in [-0.2, -0.15) is 4.31 Å². The number of carbonyl (C=O) groups is 1. The first-order chi connectivity index (χ1) is 12.3. The van der Waals surface area contributed by atoms with Crippen LogP contribution in [0.2, 0.25) is 0 Å². The molecule has 0 aliphatic carbocycles. The van der Waals surface area contributed by atoms with Crippen LogP contribution in [0.25, 0.3) is 0 Å². The predicted molar refractivity (Wildman–Crippen MR) is 101 cm³/mol. The van der Waals surface area contributed by atoms with Crippen molar-refractivity contribution in [2.24, 2.45) is 0 Å². The number of hydrogen-bond acceptors (Lipinski definition) is 4. The van der Waals surface area contributed by atoms with Crippen molar-refractivity contribution in [2.45, 2.75) is 18.4 Å². The van der Waals surface area contributed by atoms with Crippen molar-refractivity contribution >= 4 is 15.9 Å². The van der Waals surface area contributed by atoms with Crippen LogP contribution < -0.4 is 4.74 Å². The maximum absolute atomic E-state index is 13.1.